The molecular weight excluding hydrogens is 829 g/mol. The summed E-state index contributed by atoms with van der Waals surface area (Å²) in [4.78, 5) is 37.7. The molecule has 0 aliphatic heterocycles. The number of carbonyl (C=O) groups is 3. The largest absolute Gasteiger partial charge is 0.462 e. The second kappa shape index (κ2) is 54.2. The Hall–Kier alpha value is -4.45. The first kappa shape index (κ1) is 62.5. The summed E-state index contributed by atoms with van der Waals surface area (Å²) < 4.78 is 16.6. The Morgan fingerprint density at radius 1 is 0.313 bits per heavy atom. The van der Waals surface area contributed by atoms with Crippen LogP contribution in [0.4, 0.5) is 0 Å². The van der Waals surface area contributed by atoms with Crippen LogP contribution in [0.15, 0.2) is 134 Å². The molecule has 0 saturated carbocycles. The van der Waals surface area contributed by atoms with Crippen molar-refractivity contribution in [2.45, 2.75) is 219 Å². The molecule has 0 fully saturated rings. The zero-order valence-electron chi connectivity index (χ0n) is 42.9. The van der Waals surface area contributed by atoms with E-state index in [0.29, 0.717) is 19.3 Å². The highest BCUT2D eigenvalue weighted by Gasteiger charge is 2.19. The molecule has 0 radical (unpaired) electrons. The van der Waals surface area contributed by atoms with Crippen molar-refractivity contribution in [1.29, 1.82) is 0 Å². The van der Waals surface area contributed by atoms with Gasteiger partial charge in [0.05, 0.1) is 0 Å². The smallest absolute Gasteiger partial charge is 0.306 e. The quantitative estimate of drug-likeness (QED) is 0.0262. The summed E-state index contributed by atoms with van der Waals surface area (Å²) in [7, 11) is 0. The van der Waals surface area contributed by atoms with Crippen LogP contribution in [0.3, 0.4) is 0 Å². The Morgan fingerprint density at radius 3 is 0.910 bits per heavy atom. The van der Waals surface area contributed by atoms with Gasteiger partial charge in [-0.2, -0.15) is 0 Å². The van der Waals surface area contributed by atoms with E-state index in [1.807, 2.05) is 0 Å². The van der Waals surface area contributed by atoms with Crippen LogP contribution in [0.5, 0.6) is 0 Å². The van der Waals surface area contributed by atoms with Crippen molar-refractivity contribution in [1.82, 2.24) is 0 Å². The Morgan fingerprint density at radius 2 is 0.582 bits per heavy atom. The van der Waals surface area contributed by atoms with Gasteiger partial charge in [-0.15, -0.1) is 0 Å². The van der Waals surface area contributed by atoms with Crippen LogP contribution in [0.2, 0.25) is 0 Å². The lowest BCUT2D eigenvalue weighted by atomic mass is 10.1. The standard InChI is InChI=1S/C61H96O6/c1-4-7-10-13-15-17-19-21-23-24-25-26-27-28-29-30-31-32-33-34-35-36-38-39-41-43-45-48-51-54-60(63)66-57-58(56-65-59(62)53-50-47-12-9-6-3)67-61(64)55-52-49-46-44-42-40-37-22-20-18-16-14-11-8-5-2/h7-8,10-11,15-18,21-23,25-26,28-29,31-32,34-35,37-39,58H,4-6,9,12-14,19-20,24,27,30,33,36,40-57H2,1-3H3/b10-7-,11-8-,17-15-,18-16-,23-21-,26-25-,29-28-,32-31-,35-34-,37-22-,39-38-. The fourth-order valence-corrected chi connectivity index (χ4v) is 6.71. The molecule has 0 aliphatic rings. The van der Waals surface area contributed by atoms with Crippen LogP contribution in [-0.4, -0.2) is 37.2 Å². The Kier molecular flexibility index (Phi) is 50.6. The fourth-order valence-electron chi connectivity index (χ4n) is 6.71. The number of esters is 3. The summed E-state index contributed by atoms with van der Waals surface area (Å²) in [5.74, 6) is -0.966. The molecular formula is C61H96O6. The first-order valence-corrected chi connectivity index (χ1v) is 26.7. The molecule has 0 spiro atoms. The minimum atomic E-state index is -0.798. The predicted octanol–water partition coefficient (Wildman–Crippen LogP) is 17.9. The number of carbonyl (C=O) groups excluding carboxylic acids is 3. The van der Waals surface area contributed by atoms with E-state index >= 15 is 0 Å². The summed E-state index contributed by atoms with van der Waals surface area (Å²) >= 11 is 0. The average Bonchev–Trinajstić information content (AvgIpc) is 3.33. The van der Waals surface area contributed by atoms with Crippen LogP contribution >= 0.6 is 0 Å². The third-order valence-corrected chi connectivity index (χ3v) is 10.7. The molecule has 6 nitrogen and oxygen atoms in total. The molecule has 67 heavy (non-hydrogen) atoms. The molecule has 0 saturated heterocycles. The zero-order chi connectivity index (χ0) is 48.6. The molecule has 0 amide bonds. The topological polar surface area (TPSA) is 78.9 Å². The Bertz CT molecular complexity index is 1480. The minimum absolute atomic E-state index is 0.0984. The van der Waals surface area contributed by atoms with Crippen LogP contribution < -0.4 is 0 Å². The number of hydrogen-bond acceptors (Lipinski definition) is 6. The van der Waals surface area contributed by atoms with Crippen LogP contribution in [0, 0.1) is 0 Å². The molecule has 0 rings (SSSR count). The minimum Gasteiger partial charge on any atom is -0.462 e. The first-order valence-electron chi connectivity index (χ1n) is 26.7. The molecule has 376 valence electrons. The molecule has 1 atom stereocenters. The highest BCUT2D eigenvalue weighted by atomic mass is 16.6. The van der Waals surface area contributed by atoms with E-state index in [1.54, 1.807) is 0 Å². The molecule has 0 N–H and O–H groups in total. The highest BCUT2D eigenvalue weighted by molar-refractivity contribution is 5.71. The molecule has 6 heteroatoms. The second-order valence-corrected chi connectivity index (χ2v) is 17.0. The molecule has 0 aromatic carbocycles. The van der Waals surface area contributed by atoms with Crippen molar-refractivity contribution < 1.29 is 28.6 Å². The van der Waals surface area contributed by atoms with E-state index in [2.05, 4.69) is 154 Å². The number of unbranched alkanes of at least 4 members (excludes halogenated alkanes) is 13. The van der Waals surface area contributed by atoms with Gasteiger partial charge in [0.15, 0.2) is 6.10 Å². The van der Waals surface area contributed by atoms with Gasteiger partial charge in [0.2, 0.25) is 0 Å². The average molecular weight is 925 g/mol. The van der Waals surface area contributed by atoms with E-state index < -0.39 is 6.10 Å². The van der Waals surface area contributed by atoms with Gasteiger partial charge in [0, 0.05) is 19.3 Å². The van der Waals surface area contributed by atoms with Crippen molar-refractivity contribution in [3.05, 3.63) is 134 Å². The third kappa shape index (κ3) is 52.4. The lowest BCUT2D eigenvalue weighted by Crippen LogP contribution is -2.30. The van der Waals surface area contributed by atoms with E-state index in [4.69, 9.17) is 14.2 Å². The normalized spacial score (nSPS) is 13.2. The van der Waals surface area contributed by atoms with Gasteiger partial charge < -0.3 is 14.2 Å². The maximum atomic E-state index is 12.7. The molecule has 0 aromatic rings. The molecule has 1 unspecified atom stereocenters. The van der Waals surface area contributed by atoms with Gasteiger partial charge in [-0.05, 0) is 116 Å². The lowest BCUT2D eigenvalue weighted by molar-refractivity contribution is -0.167. The van der Waals surface area contributed by atoms with Gasteiger partial charge in [-0.1, -0.05) is 212 Å². The first-order chi connectivity index (χ1) is 33.0. The molecule has 0 bridgehead atoms. The van der Waals surface area contributed by atoms with Gasteiger partial charge in [0.25, 0.3) is 0 Å². The monoisotopic (exact) mass is 925 g/mol. The highest BCUT2D eigenvalue weighted by Crippen LogP contribution is 2.12. The second-order valence-electron chi connectivity index (χ2n) is 17.0. The summed E-state index contributed by atoms with van der Waals surface area (Å²) in [6.45, 7) is 6.27. The van der Waals surface area contributed by atoms with Crippen LogP contribution in [-0.2, 0) is 28.6 Å². The third-order valence-electron chi connectivity index (χ3n) is 10.7. The summed E-state index contributed by atoms with van der Waals surface area (Å²) in [5.41, 5.74) is 0. The fraction of sp³-hybridized carbons (Fsp3) is 0.590. The summed E-state index contributed by atoms with van der Waals surface area (Å²) in [5, 5.41) is 0. The molecule has 0 aliphatic carbocycles. The van der Waals surface area contributed by atoms with E-state index in [9.17, 15) is 14.4 Å². The lowest BCUT2D eigenvalue weighted by Gasteiger charge is -2.18. The summed E-state index contributed by atoms with van der Waals surface area (Å²) in [6.07, 6.45) is 76.2. The van der Waals surface area contributed by atoms with Gasteiger partial charge in [0.1, 0.15) is 13.2 Å². The van der Waals surface area contributed by atoms with Crippen molar-refractivity contribution in [3.63, 3.8) is 0 Å². The van der Waals surface area contributed by atoms with Crippen molar-refractivity contribution >= 4 is 17.9 Å². The number of allylic oxidation sites excluding steroid dienone is 22. The zero-order valence-corrected chi connectivity index (χ0v) is 42.9. The Balaban J connectivity index is 4.22. The Labute approximate surface area is 411 Å². The maximum Gasteiger partial charge on any atom is 0.306 e. The number of ether oxygens (including phenoxy) is 3. The van der Waals surface area contributed by atoms with E-state index in [-0.39, 0.29) is 31.1 Å². The predicted molar refractivity (Wildman–Crippen MR) is 288 cm³/mol. The summed E-state index contributed by atoms with van der Waals surface area (Å²) in [6, 6.07) is 0. The van der Waals surface area contributed by atoms with Crippen molar-refractivity contribution in [3.8, 4) is 0 Å². The van der Waals surface area contributed by atoms with Crippen molar-refractivity contribution in [2.75, 3.05) is 13.2 Å². The SMILES string of the molecule is CC/C=C\C/C=C\C/C=C\C/C=C\C/C=C\C/C=C\C/C=C\C/C=C\CCCCCCC(=O)OCC(COC(=O)CCCCCCC)OC(=O)CCCCCCC/C=C\C/C=C\C/C=C\CC. The van der Waals surface area contributed by atoms with Crippen LogP contribution in [0.25, 0.3) is 0 Å². The number of hydrogen-bond donors (Lipinski definition) is 0. The number of rotatable bonds is 46. The van der Waals surface area contributed by atoms with Gasteiger partial charge in [-0.3, -0.25) is 14.4 Å². The molecule has 0 heterocycles. The van der Waals surface area contributed by atoms with Gasteiger partial charge >= 0.3 is 17.9 Å². The van der Waals surface area contributed by atoms with Gasteiger partial charge in [-0.25, -0.2) is 0 Å². The maximum absolute atomic E-state index is 12.7. The molecule has 0 aromatic heterocycles. The van der Waals surface area contributed by atoms with E-state index in [0.717, 1.165) is 173 Å². The van der Waals surface area contributed by atoms with Crippen LogP contribution in [0.1, 0.15) is 213 Å². The van der Waals surface area contributed by atoms with Crippen molar-refractivity contribution in [2.24, 2.45) is 0 Å². The van der Waals surface area contributed by atoms with E-state index in [1.165, 1.54) is 0 Å².